The zero-order chi connectivity index (χ0) is 16.5. The molecule has 0 amide bonds. The summed E-state index contributed by atoms with van der Waals surface area (Å²) in [5, 5.41) is 6.13. The molecule has 21 heavy (non-hydrogen) atoms. The zero-order valence-corrected chi connectivity index (χ0v) is 16.1. The Morgan fingerprint density at radius 1 is 1.29 bits per heavy atom. The normalized spacial score (nSPS) is 15.9. The van der Waals surface area contributed by atoms with Crippen molar-refractivity contribution >= 4 is 18.2 Å². The highest BCUT2D eigenvalue weighted by Gasteiger charge is 2.37. The van der Waals surface area contributed by atoms with Gasteiger partial charge in [-0.15, -0.1) is 0 Å². The Kier molecular flexibility index (Phi) is 5.42. The zero-order valence-electron chi connectivity index (χ0n) is 14.3. The number of nitrogens with two attached hydrogens (primary N) is 1. The van der Waals surface area contributed by atoms with Gasteiger partial charge in [0, 0.05) is 6.54 Å². The van der Waals surface area contributed by atoms with Crippen LogP contribution in [-0.4, -0.2) is 31.4 Å². The molecule has 0 fully saturated rings. The average Bonchev–Trinajstić information content (AvgIpc) is 2.25. The van der Waals surface area contributed by atoms with Crippen molar-refractivity contribution in [3.05, 3.63) is 29.8 Å². The topological polar surface area (TPSA) is 58.7 Å². The Balaban J connectivity index is 3.28. The highest BCUT2D eigenvalue weighted by molar-refractivity contribution is 7.92. The van der Waals surface area contributed by atoms with E-state index < -0.39 is 18.2 Å². The molecule has 0 aliphatic heterocycles. The first-order chi connectivity index (χ1) is 9.35. The summed E-state index contributed by atoms with van der Waals surface area (Å²) in [6, 6.07) is 7.66. The highest BCUT2D eigenvalue weighted by Crippen LogP contribution is 2.37. The molecule has 4 nitrogen and oxygen atoms in total. The van der Waals surface area contributed by atoms with Gasteiger partial charge < -0.3 is 4.90 Å². The predicted molar refractivity (Wildman–Crippen MR) is 94.1 cm³/mol. The maximum absolute atomic E-state index is 12.9. The molecule has 1 rings (SSSR count). The summed E-state index contributed by atoms with van der Waals surface area (Å²) >= 11 is 0. The van der Waals surface area contributed by atoms with Gasteiger partial charge in [-0.1, -0.05) is 32.9 Å². The van der Waals surface area contributed by atoms with E-state index in [2.05, 4.69) is 42.8 Å². The fourth-order valence-corrected chi connectivity index (χ4v) is 6.54. The largest absolute Gasteiger partial charge is 0.305 e. The van der Waals surface area contributed by atoms with Crippen LogP contribution in [-0.2, 0) is 16.5 Å². The summed E-state index contributed by atoms with van der Waals surface area (Å²) in [6.07, 6.45) is 0. The lowest BCUT2D eigenvalue weighted by molar-refractivity contribution is 0.402. The monoisotopic (exact) mass is 327 g/mol. The van der Waals surface area contributed by atoms with E-state index in [4.69, 9.17) is 5.14 Å². The van der Waals surface area contributed by atoms with Gasteiger partial charge in [-0.05, 0) is 49.9 Å². The molecule has 0 heterocycles. The second-order valence-corrected chi connectivity index (χ2v) is 14.3. The Bertz CT molecular complexity index is 612. The second-order valence-electron chi connectivity index (χ2n) is 7.35. The summed E-state index contributed by atoms with van der Waals surface area (Å²) in [6.45, 7) is 11.4. The molecule has 2 N–H and O–H groups in total. The van der Waals surface area contributed by atoms with Crippen LogP contribution in [0.5, 0.6) is 0 Å². The first kappa shape index (κ1) is 18.4. The van der Waals surface area contributed by atoms with Gasteiger partial charge in [0.15, 0.2) is 8.24 Å². The fraction of sp³-hybridized carbons (Fsp3) is 0.600. The SMILES string of the molecule is CN(C)Cc1cccc(S(N)(=O)=N[Si](C)(C)C(C)(C)C)c1. The van der Waals surface area contributed by atoms with E-state index in [1.54, 1.807) is 0 Å². The molecule has 0 radical (unpaired) electrons. The van der Waals surface area contributed by atoms with Gasteiger partial charge in [-0.25, -0.2) is 9.35 Å². The Labute approximate surface area is 131 Å². The van der Waals surface area contributed by atoms with E-state index in [1.807, 2.05) is 38.4 Å². The van der Waals surface area contributed by atoms with Crippen molar-refractivity contribution in [3.63, 3.8) is 0 Å². The molecule has 0 aromatic heterocycles. The number of hydrogen-bond acceptors (Lipinski definition) is 3. The van der Waals surface area contributed by atoms with Gasteiger partial charge in [0.05, 0.1) is 4.90 Å². The second kappa shape index (κ2) is 6.20. The van der Waals surface area contributed by atoms with Gasteiger partial charge >= 0.3 is 0 Å². The average molecular weight is 328 g/mol. The van der Waals surface area contributed by atoms with Crippen LogP contribution in [0, 0.1) is 0 Å². The molecule has 1 atom stereocenters. The van der Waals surface area contributed by atoms with Crippen molar-refractivity contribution in [2.45, 2.75) is 50.3 Å². The van der Waals surface area contributed by atoms with Gasteiger partial charge in [0.1, 0.15) is 9.92 Å². The molecule has 0 aliphatic rings. The number of rotatable bonds is 4. The van der Waals surface area contributed by atoms with Gasteiger partial charge in [-0.3, -0.25) is 4.03 Å². The predicted octanol–water partition coefficient (Wildman–Crippen LogP) is 3.45. The van der Waals surface area contributed by atoms with Crippen LogP contribution >= 0.6 is 0 Å². The Morgan fingerprint density at radius 2 is 1.86 bits per heavy atom. The van der Waals surface area contributed by atoms with E-state index in [0.717, 1.165) is 12.1 Å². The van der Waals surface area contributed by atoms with Crippen molar-refractivity contribution in [1.82, 2.24) is 4.90 Å². The summed E-state index contributed by atoms with van der Waals surface area (Å²) < 4.78 is 17.6. The molecule has 1 aromatic rings. The van der Waals surface area contributed by atoms with Crippen LogP contribution in [0.2, 0.25) is 18.1 Å². The molecular formula is C15H29N3OSSi. The highest BCUT2D eigenvalue weighted by atomic mass is 32.2. The van der Waals surface area contributed by atoms with E-state index in [-0.39, 0.29) is 5.04 Å². The van der Waals surface area contributed by atoms with E-state index in [0.29, 0.717) is 4.90 Å². The van der Waals surface area contributed by atoms with Crippen LogP contribution in [0.25, 0.3) is 0 Å². The number of benzene rings is 1. The number of nitrogens with zero attached hydrogens (tertiary/aromatic N) is 2. The molecule has 0 aliphatic carbocycles. The minimum Gasteiger partial charge on any atom is -0.305 e. The van der Waals surface area contributed by atoms with Gasteiger partial charge in [0.2, 0.25) is 0 Å². The van der Waals surface area contributed by atoms with Crippen LogP contribution in [0.15, 0.2) is 33.2 Å². The van der Waals surface area contributed by atoms with Gasteiger partial charge in [-0.2, -0.15) is 0 Å². The molecule has 1 unspecified atom stereocenters. The maximum atomic E-state index is 12.9. The molecule has 0 saturated heterocycles. The quantitative estimate of drug-likeness (QED) is 0.861. The Hall–Kier alpha value is -0.693. The van der Waals surface area contributed by atoms with Crippen molar-refractivity contribution < 1.29 is 4.21 Å². The molecule has 0 spiro atoms. The summed E-state index contributed by atoms with van der Waals surface area (Å²) in [5.41, 5.74) is 1.10. The van der Waals surface area contributed by atoms with Crippen molar-refractivity contribution in [2.24, 2.45) is 9.17 Å². The third kappa shape index (κ3) is 4.91. The molecule has 1 aromatic carbocycles. The van der Waals surface area contributed by atoms with Crippen molar-refractivity contribution in [1.29, 1.82) is 0 Å². The van der Waals surface area contributed by atoms with E-state index in [1.165, 1.54) is 0 Å². The van der Waals surface area contributed by atoms with E-state index in [9.17, 15) is 4.21 Å². The van der Waals surface area contributed by atoms with Crippen LogP contribution in [0.3, 0.4) is 0 Å². The standard InChI is InChI=1S/C15H29N3OSSi/c1-15(2,3)21(6,7)17-20(16,19)14-10-8-9-13(11-14)12-18(4)5/h8-11H,12H2,1-7H3,(H2,16,17,19). The van der Waals surface area contributed by atoms with Crippen LogP contribution < -0.4 is 5.14 Å². The van der Waals surface area contributed by atoms with Crippen LogP contribution in [0.4, 0.5) is 0 Å². The first-order valence-corrected chi connectivity index (χ1v) is 11.7. The molecule has 0 saturated carbocycles. The fourth-order valence-electron chi connectivity index (χ4n) is 1.72. The summed E-state index contributed by atoms with van der Waals surface area (Å²) in [5.74, 6) is 0. The first-order valence-electron chi connectivity index (χ1n) is 7.15. The minimum absolute atomic E-state index is 0.0241. The molecule has 0 bridgehead atoms. The van der Waals surface area contributed by atoms with Crippen LogP contribution in [0.1, 0.15) is 26.3 Å². The molecule has 6 heteroatoms. The Morgan fingerprint density at radius 3 is 2.33 bits per heavy atom. The smallest absolute Gasteiger partial charge is 0.195 e. The van der Waals surface area contributed by atoms with Crippen molar-refractivity contribution in [3.8, 4) is 0 Å². The third-order valence-electron chi connectivity index (χ3n) is 3.93. The van der Waals surface area contributed by atoms with E-state index >= 15 is 0 Å². The van der Waals surface area contributed by atoms with Crippen molar-refractivity contribution in [2.75, 3.05) is 14.1 Å². The lowest BCUT2D eigenvalue weighted by Crippen LogP contribution is -2.37. The minimum atomic E-state index is -2.84. The lowest BCUT2D eigenvalue weighted by Gasteiger charge is -2.32. The van der Waals surface area contributed by atoms with Gasteiger partial charge in [0.25, 0.3) is 0 Å². The maximum Gasteiger partial charge on any atom is 0.195 e. The number of hydrogen-bond donors (Lipinski definition) is 1. The lowest BCUT2D eigenvalue weighted by atomic mass is 10.2. The molecular weight excluding hydrogens is 298 g/mol. The summed E-state index contributed by atoms with van der Waals surface area (Å²) in [7, 11) is -0.887. The summed E-state index contributed by atoms with van der Waals surface area (Å²) in [4.78, 5) is 2.70. The molecule has 120 valence electrons. The third-order valence-corrected chi connectivity index (χ3v) is 11.4.